The highest BCUT2D eigenvalue weighted by molar-refractivity contribution is 5.68. The number of aromatic nitrogens is 1. The third-order valence-corrected chi connectivity index (χ3v) is 2.96. The Bertz CT molecular complexity index is 442. The van der Waals surface area contributed by atoms with Crippen LogP contribution in [0, 0.1) is 0 Å². The zero-order chi connectivity index (χ0) is 14.6. The number of hydrogen-bond donors (Lipinski definition) is 0. The molecule has 0 unspecified atom stereocenters. The van der Waals surface area contributed by atoms with Gasteiger partial charge in [-0.25, -0.2) is 9.78 Å². The van der Waals surface area contributed by atoms with E-state index in [0.717, 1.165) is 19.4 Å². The van der Waals surface area contributed by atoms with Crippen molar-refractivity contribution in [3.63, 3.8) is 0 Å². The van der Waals surface area contributed by atoms with Crippen molar-refractivity contribution in [1.29, 1.82) is 0 Å². The van der Waals surface area contributed by atoms with Crippen LogP contribution >= 0.6 is 0 Å². The maximum atomic E-state index is 12.0. The molecule has 1 saturated heterocycles. The van der Waals surface area contributed by atoms with Crippen molar-refractivity contribution < 1.29 is 14.3 Å². The van der Waals surface area contributed by atoms with E-state index < -0.39 is 5.60 Å². The summed E-state index contributed by atoms with van der Waals surface area (Å²) in [6, 6.07) is 5.56. The van der Waals surface area contributed by atoms with E-state index in [4.69, 9.17) is 9.47 Å². The highest BCUT2D eigenvalue weighted by Gasteiger charge is 2.28. The molecule has 0 aliphatic carbocycles. The molecular formula is C15H22N2O3. The molecule has 0 spiro atoms. The van der Waals surface area contributed by atoms with Crippen molar-refractivity contribution in [3.05, 3.63) is 24.4 Å². The van der Waals surface area contributed by atoms with Crippen LogP contribution in [0.25, 0.3) is 0 Å². The Hall–Kier alpha value is -1.78. The van der Waals surface area contributed by atoms with Crippen molar-refractivity contribution in [1.82, 2.24) is 9.88 Å². The molecule has 0 N–H and O–H groups in total. The number of ether oxygens (including phenoxy) is 2. The summed E-state index contributed by atoms with van der Waals surface area (Å²) in [5, 5.41) is 0. The van der Waals surface area contributed by atoms with Gasteiger partial charge in [-0.3, -0.25) is 0 Å². The van der Waals surface area contributed by atoms with Gasteiger partial charge in [-0.2, -0.15) is 0 Å². The molecule has 0 radical (unpaired) electrons. The lowest BCUT2D eigenvalue weighted by atomic mass is 10.1. The Labute approximate surface area is 119 Å². The average molecular weight is 278 g/mol. The summed E-state index contributed by atoms with van der Waals surface area (Å²) >= 11 is 0. The second kappa shape index (κ2) is 6.11. The molecular weight excluding hydrogens is 256 g/mol. The quantitative estimate of drug-likeness (QED) is 0.834. The summed E-state index contributed by atoms with van der Waals surface area (Å²) in [4.78, 5) is 17.9. The summed E-state index contributed by atoms with van der Waals surface area (Å²) in [7, 11) is 0. The fourth-order valence-electron chi connectivity index (χ4n) is 2.11. The molecule has 5 heteroatoms. The highest BCUT2D eigenvalue weighted by Crippen LogP contribution is 2.18. The predicted molar refractivity (Wildman–Crippen MR) is 75.7 cm³/mol. The van der Waals surface area contributed by atoms with Gasteiger partial charge in [0.05, 0.1) is 6.54 Å². The fraction of sp³-hybridized carbons (Fsp3) is 0.600. The van der Waals surface area contributed by atoms with Gasteiger partial charge in [-0.15, -0.1) is 0 Å². The molecule has 1 amide bonds. The monoisotopic (exact) mass is 278 g/mol. The maximum absolute atomic E-state index is 12.0. The summed E-state index contributed by atoms with van der Waals surface area (Å²) in [5.74, 6) is 0.600. The number of hydrogen-bond acceptors (Lipinski definition) is 4. The standard InChI is InChI=1S/C15H22N2O3/c1-15(2,3)20-14(18)17-10-6-7-12(11-17)19-13-8-4-5-9-16-13/h4-5,8-9,12H,6-7,10-11H2,1-3H3/t12-/m1/s1. The molecule has 2 heterocycles. The summed E-state index contributed by atoms with van der Waals surface area (Å²) < 4.78 is 11.2. The van der Waals surface area contributed by atoms with Crippen LogP contribution < -0.4 is 4.74 Å². The van der Waals surface area contributed by atoms with Crippen molar-refractivity contribution in [2.75, 3.05) is 13.1 Å². The van der Waals surface area contributed by atoms with Crippen molar-refractivity contribution >= 4 is 6.09 Å². The van der Waals surface area contributed by atoms with E-state index in [9.17, 15) is 4.79 Å². The van der Waals surface area contributed by atoms with Gasteiger partial charge >= 0.3 is 6.09 Å². The third kappa shape index (κ3) is 4.40. The molecule has 1 aliphatic heterocycles. The minimum absolute atomic E-state index is 0.0221. The zero-order valence-corrected chi connectivity index (χ0v) is 12.3. The van der Waals surface area contributed by atoms with Crippen LogP contribution in [0.2, 0.25) is 0 Å². The number of carbonyl (C=O) groups excluding carboxylic acids is 1. The number of pyridine rings is 1. The SMILES string of the molecule is CC(C)(C)OC(=O)N1CCC[C@@H](Oc2ccccn2)C1. The second-order valence-corrected chi connectivity index (χ2v) is 5.98. The van der Waals surface area contributed by atoms with Crippen LogP contribution in [0.1, 0.15) is 33.6 Å². The van der Waals surface area contributed by atoms with E-state index in [0.29, 0.717) is 12.4 Å². The third-order valence-electron chi connectivity index (χ3n) is 2.96. The van der Waals surface area contributed by atoms with Gasteiger partial charge in [-0.1, -0.05) is 6.07 Å². The van der Waals surface area contributed by atoms with Gasteiger partial charge in [0.1, 0.15) is 11.7 Å². The molecule has 1 aromatic heterocycles. The molecule has 110 valence electrons. The number of likely N-dealkylation sites (tertiary alicyclic amines) is 1. The minimum atomic E-state index is -0.466. The smallest absolute Gasteiger partial charge is 0.410 e. The highest BCUT2D eigenvalue weighted by atomic mass is 16.6. The van der Waals surface area contributed by atoms with Gasteiger partial charge in [0, 0.05) is 18.8 Å². The minimum Gasteiger partial charge on any atom is -0.472 e. The number of amides is 1. The summed E-state index contributed by atoms with van der Waals surface area (Å²) in [6.07, 6.45) is 3.24. The van der Waals surface area contributed by atoms with Gasteiger partial charge in [-0.05, 0) is 39.7 Å². The first-order chi connectivity index (χ1) is 9.44. The van der Waals surface area contributed by atoms with Crippen LogP contribution in [0.5, 0.6) is 5.88 Å². The molecule has 0 bridgehead atoms. The number of piperidine rings is 1. The number of rotatable bonds is 2. The van der Waals surface area contributed by atoms with Crippen molar-refractivity contribution in [2.24, 2.45) is 0 Å². The molecule has 20 heavy (non-hydrogen) atoms. The lowest BCUT2D eigenvalue weighted by Crippen LogP contribution is -2.46. The Morgan fingerprint density at radius 3 is 2.85 bits per heavy atom. The Balaban J connectivity index is 1.90. The van der Waals surface area contributed by atoms with E-state index in [2.05, 4.69) is 4.98 Å². The normalized spacial score (nSPS) is 19.6. The fourth-order valence-corrected chi connectivity index (χ4v) is 2.11. The zero-order valence-electron chi connectivity index (χ0n) is 12.3. The van der Waals surface area contributed by atoms with E-state index in [1.807, 2.05) is 39.0 Å². The lowest BCUT2D eigenvalue weighted by molar-refractivity contribution is 0.00722. The number of nitrogens with zero attached hydrogens (tertiary/aromatic N) is 2. The van der Waals surface area contributed by atoms with Crippen molar-refractivity contribution in [2.45, 2.75) is 45.3 Å². The summed E-state index contributed by atoms with van der Waals surface area (Å²) in [6.45, 7) is 6.88. The van der Waals surface area contributed by atoms with Gasteiger partial charge in [0.25, 0.3) is 0 Å². The number of carbonyl (C=O) groups is 1. The second-order valence-electron chi connectivity index (χ2n) is 5.98. The van der Waals surface area contributed by atoms with Gasteiger partial charge in [0.15, 0.2) is 0 Å². The molecule has 1 aliphatic rings. The van der Waals surface area contributed by atoms with Crippen molar-refractivity contribution in [3.8, 4) is 5.88 Å². The van der Waals surface area contributed by atoms with Gasteiger partial charge in [0.2, 0.25) is 5.88 Å². The Morgan fingerprint density at radius 2 is 2.20 bits per heavy atom. The van der Waals surface area contributed by atoms with E-state index in [-0.39, 0.29) is 12.2 Å². The molecule has 1 fully saturated rings. The summed E-state index contributed by atoms with van der Waals surface area (Å²) in [5.41, 5.74) is -0.466. The van der Waals surface area contributed by atoms with Crippen LogP contribution in [0.4, 0.5) is 4.79 Å². The Morgan fingerprint density at radius 1 is 1.40 bits per heavy atom. The van der Waals surface area contributed by atoms with E-state index in [1.54, 1.807) is 11.1 Å². The van der Waals surface area contributed by atoms with Crippen LogP contribution in [-0.2, 0) is 4.74 Å². The molecule has 5 nitrogen and oxygen atoms in total. The first-order valence-corrected chi connectivity index (χ1v) is 7.00. The van der Waals surface area contributed by atoms with Gasteiger partial charge < -0.3 is 14.4 Å². The largest absolute Gasteiger partial charge is 0.472 e. The lowest BCUT2D eigenvalue weighted by Gasteiger charge is -2.33. The van der Waals surface area contributed by atoms with Crippen LogP contribution in [0.3, 0.4) is 0 Å². The van der Waals surface area contributed by atoms with E-state index in [1.165, 1.54) is 0 Å². The molecule has 2 rings (SSSR count). The first-order valence-electron chi connectivity index (χ1n) is 7.00. The predicted octanol–water partition coefficient (Wildman–Crippen LogP) is 2.86. The molecule has 1 aromatic rings. The van der Waals surface area contributed by atoms with Crippen LogP contribution in [0.15, 0.2) is 24.4 Å². The average Bonchev–Trinajstić information content (AvgIpc) is 2.38. The maximum Gasteiger partial charge on any atom is 0.410 e. The Kier molecular flexibility index (Phi) is 4.47. The van der Waals surface area contributed by atoms with E-state index >= 15 is 0 Å². The molecule has 1 atom stereocenters. The first kappa shape index (κ1) is 14.6. The molecule has 0 saturated carbocycles. The topological polar surface area (TPSA) is 51.7 Å². The molecule has 0 aromatic carbocycles. The van der Waals surface area contributed by atoms with Crippen LogP contribution in [-0.4, -0.2) is 40.8 Å².